The minimum Gasteiger partial charge on any atom is -0.324 e. The zero-order valence-electron chi connectivity index (χ0n) is 4.22. The highest BCUT2D eigenvalue weighted by Crippen LogP contribution is 2.16. The van der Waals surface area contributed by atoms with Gasteiger partial charge in [0.1, 0.15) is 0 Å². The van der Waals surface area contributed by atoms with E-state index in [2.05, 4.69) is 0 Å². The second-order valence-corrected chi connectivity index (χ2v) is 1.95. The minimum absolute atomic E-state index is 0.0903. The Morgan fingerprint density at radius 1 is 2.00 bits per heavy atom. The highest BCUT2D eigenvalue weighted by Gasteiger charge is 2.35. The van der Waals surface area contributed by atoms with E-state index in [0.29, 0.717) is 5.72 Å². The molecule has 0 N–H and O–H groups in total. The summed E-state index contributed by atoms with van der Waals surface area (Å²) in [5.41, 5.74) is 0.403. The molecule has 1 aliphatic rings. The number of carbonyl (C=O) groups excluding carboxylic acids is 1. The average molecular weight is 88.5 g/mol. The third kappa shape index (κ3) is 0.622. The highest BCUT2D eigenvalue weighted by molar-refractivity contribution is 7.42. The molecule has 31 valence electrons. The van der Waals surface area contributed by atoms with Crippen LogP contribution in [0.5, 0.6) is 0 Å². The summed E-state index contributed by atoms with van der Waals surface area (Å²) < 4.78 is 0. The number of hydrogen-bond donors (Lipinski definition) is 0. The van der Waals surface area contributed by atoms with Gasteiger partial charge in [-0.3, -0.25) is 0 Å². The SMILES string of the molecule is [B]B1C(=O)[B]C1C. The number of rotatable bonds is 0. The Hall–Kier alpha value is -0.135. The molecule has 3 radical (unpaired) electrons. The Balaban J connectivity index is 2.43. The molecule has 0 saturated carbocycles. The molecule has 4 heteroatoms. The zero-order valence-corrected chi connectivity index (χ0v) is 4.22. The first kappa shape index (κ1) is 5.01. The van der Waals surface area contributed by atoms with Crippen molar-refractivity contribution in [1.29, 1.82) is 0 Å². The topological polar surface area (TPSA) is 17.1 Å². The standard InChI is InChI=1S/C3H4B3O/c1-2-5-3(7)6(2)4/h2H,1H3. The van der Waals surface area contributed by atoms with Crippen molar-refractivity contribution in [2.24, 2.45) is 0 Å². The molecule has 1 rings (SSSR count). The van der Waals surface area contributed by atoms with Gasteiger partial charge in [0.15, 0.2) is 13.9 Å². The summed E-state index contributed by atoms with van der Waals surface area (Å²) in [6.45, 7) is 1.74. The van der Waals surface area contributed by atoms with Gasteiger partial charge < -0.3 is 4.79 Å². The predicted octanol–water partition coefficient (Wildman–Crippen LogP) is -0.0865. The van der Waals surface area contributed by atoms with Gasteiger partial charge in [-0.2, -0.15) is 0 Å². The second kappa shape index (κ2) is 1.43. The summed E-state index contributed by atoms with van der Waals surface area (Å²) in [6.07, 6.45) is 0. The first-order valence-corrected chi connectivity index (χ1v) is 2.36. The number of carbonyl (C=O) groups is 1. The Labute approximate surface area is 45.6 Å². The predicted molar refractivity (Wildman–Crippen MR) is 32.1 cm³/mol. The van der Waals surface area contributed by atoms with E-state index in [1.165, 1.54) is 0 Å². The van der Waals surface area contributed by atoms with Crippen LogP contribution < -0.4 is 0 Å². The lowest BCUT2D eigenvalue weighted by Crippen LogP contribution is -2.49. The van der Waals surface area contributed by atoms with Gasteiger partial charge in [-0.15, -0.1) is 0 Å². The molecule has 0 aromatic rings. The summed E-state index contributed by atoms with van der Waals surface area (Å²) in [4.78, 5) is 10.3. The van der Waals surface area contributed by atoms with Crippen LogP contribution in [-0.4, -0.2) is 27.2 Å². The maximum Gasteiger partial charge on any atom is 0.182 e. The molecule has 1 unspecified atom stereocenters. The normalized spacial score (nSPS) is 29.0. The molecule has 1 aliphatic heterocycles. The third-order valence-electron chi connectivity index (χ3n) is 1.32. The van der Waals surface area contributed by atoms with Gasteiger partial charge >= 0.3 is 0 Å². The van der Waals surface area contributed by atoms with Gasteiger partial charge in [0, 0.05) is 13.3 Å². The van der Waals surface area contributed by atoms with Gasteiger partial charge in [-0.25, -0.2) is 0 Å². The van der Waals surface area contributed by atoms with Crippen molar-refractivity contribution in [2.75, 3.05) is 0 Å². The minimum atomic E-state index is -0.194. The maximum absolute atomic E-state index is 10.3. The van der Waals surface area contributed by atoms with E-state index in [-0.39, 0.29) is 12.2 Å². The molecular weight excluding hydrogens is 84.5 g/mol. The molecule has 1 nitrogen and oxygen atoms in total. The monoisotopic (exact) mass is 89.1 g/mol. The van der Waals surface area contributed by atoms with Crippen molar-refractivity contribution in [3.8, 4) is 0 Å². The van der Waals surface area contributed by atoms with Gasteiger partial charge in [-0.05, 0) is 0 Å². The number of hydrogen-bond acceptors (Lipinski definition) is 1. The van der Waals surface area contributed by atoms with Gasteiger partial charge in [0.05, 0.1) is 0 Å². The van der Waals surface area contributed by atoms with E-state index in [4.69, 9.17) is 7.74 Å². The molecule has 0 amide bonds. The summed E-state index contributed by atoms with van der Waals surface area (Å²) >= 11 is 0. The van der Waals surface area contributed by atoms with Crippen molar-refractivity contribution in [2.45, 2.75) is 12.6 Å². The quantitative estimate of drug-likeness (QED) is 0.379. The lowest BCUT2D eigenvalue weighted by molar-refractivity contribution is 0.272. The fraction of sp³-hybridized carbons (Fsp3) is 0.667. The largest absolute Gasteiger partial charge is 0.324 e. The summed E-state index contributed by atoms with van der Waals surface area (Å²) in [6, 6.07) is 0. The van der Waals surface area contributed by atoms with Crippen LogP contribution in [0.1, 0.15) is 6.92 Å². The van der Waals surface area contributed by atoms with E-state index < -0.39 is 0 Å². The summed E-state index contributed by atoms with van der Waals surface area (Å²) in [5.74, 6) is 0. The van der Waals surface area contributed by atoms with Gasteiger partial charge in [0.2, 0.25) is 0 Å². The molecule has 0 spiro atoms. The Kier molecular flexibility index (Phi) is 1.02. The average Bonchev–Trinajstić information content (AvgIpc) is 1.68. The van der Waals surface area contributed by atoms with Crippen molar-refractivity contribution in [1.82, 2.24) is 0 Å². The lowest BCUT2D eigenvalue weighted by atomic mass is 9.03. The van der Waals surface area contributed by atoms with Gasteiger partial charge in [-0.1, -0.05) is 12.6 Å². The molecule has 1 atom stereocenters. The smallest absolute Gasteiger partial charge is 0.182 e. The van der Waals surface area contributed by atoms with E-state index in [1.54, 1.807) is 7.28 Å². The van der Waals surface area contributed by atoms with Crippen molar-refractivity contribution >= 4 is 27.2 Å². The maximum atomic E-state index is 10.3. The highest BCUT2D eigenvalue weighted by atomic mass is 16.1. The molecule has 0 bridgehead atoms. The molecule has 0 aliphatic carbocycles. The molecule has 0 aromatic carbocycles. The molecular formula is C3H4B3O. The Morgan fingerprint density at radius 3 is 2.57 bits per heavy atom. The van der Waals surface area contributed by atoms with E-state index in [1.807, 2.05) is 6.92 Å². The van der Waals surface area contributed by atoms with Crippen LogP contribution in [0.15, 0.2) is 0 Å². The first-order valence-electron chi connectivity index (χ1n) is 2.36. The van der Waals surface area contributed by atoms with E-state index >= 15 is 0 Å². The van der Waals surface area contributed by atoms with Crippen LogP contribution in [-0.2, 0) is 0 Å². The van der Waals surface area contributed by atoms with Crippen LogP contribution in [0.4, 0.5) is 4.79 Å². The van der Waals surface area contributed by atoms with Crippen LogP contribution >= 0.6 is 0 Å². The first-order chi connectivity index (χ1) is 3.22. The summed E-state index contributed by atoms with van der Waals surface area (Å²) in [7, 11) is 6.93. The van der Waals surface area contributed by atoms with Crippen LogP contribution in [0.3, 0.4) is 0 Å². The van der Waals surface area contributed by atoms with Crippen molar-refractivity contribution in [3.63, 3.8) is 0 Å². The fourth-order valence-corrected chi connectivity index (χ4v) is 0.614. The van der Waals surface area contributed by atoms with Crippen LogP contribution in [0.2, 0.25) is 5.72 Å². The van der Waals surface area contributed by atoms with Gasteiger partial charge in [0.25, 0.3) is 0 Å². The molecule has 7 heavy (non-hydrogen) atoms. The van der Waals surface area contributed by atoms with Crippen molar-refractivity contribution < 1.29 is 4.79 Å². The molecule has 1 saturated heterocycles. The second-order valence-electron chi connectivity index (χ2n) is 1.95. The molecule has 1 heterocycles. The Bertz CT molecular complexity index is 102. The molecule has 1 fully saturated rings. The fourth-order valence-electron chi connectivity index (χ4n) is 0.614. The lowest BCUT2D eigenvalue weighted by Gasteiger charge is -2.24. The van der Waals surface area contributed by atoms with E-state index in [9.17, 15) is 4.79 Å². The molecule has 0 aromatic heterocycles. The van der Waals surface area contributed by atoms with E-state index in [0.717, 1.165) is 0 Å². The Morgan fingerprint density at radius 2 is 2.57 bits per heavy atom. The van der Waals surface area contributed by atoms with Crippen LogP contribution in [0.25, 0.3) is 0 Å². The summed E-state index contributed by atoms with van der Waals surface area (Å²) in [5, 5.41) is 0. The van der Waals surface area contributed by atoms with Crippen LogP contribution in [0, 0.1) is 0 Å². The third-order valence-corrected chi connectivity index (χ3v) is 1.32. The zero-order chi connectivity index (χ0) is 5.44. The van der Waals surface area contributed by atoms with Crippen molar-refractivity contribution in [3.05, 3.63) is 0 Å².